The quantitative estimate of drug-likeness (QED) is 0.726. The van der Waals surface area contributed by atoms with Crippen LogP contribution in [0.2, 0.25) is 0 Å². The van der Waals surface area contributed by atoms with Crippen molar-refractivity contribution >= 4 is 23.2 Å². The minimum Gasteiger partial charge on any atom is -0.349 e. The molecule has 0 aromatic heterocycles. The first kappa shape index (κ1) is 22.3. The average Bonchev–Trinajstić information content (AvgIpc) is 3.12. The number of anilines is 1. The molecule has 1 heterocycles. The van der Waals surface area contributed by atoms with Crippen molar-refractivity contribution in [2.75, 3.05) is 19.0 Å². The molecule has 1 aliphatic heterocycles. The minimum atomic E-state index is -0.312. The van der Waals surface area contributed by atoms with Crippen molar-refractivity contribution in [2.45, 2.75) is 58.5 Å². The van der Waals surface area contributed by atoms with E-state index in [4.69, 9.17) is 4.99 Å². The lowest BCUT2D eigenvalue weighted by Crippen LogP contribution is -2.55. The number of amidine groups is 1. The summed E-state index contributed by atoms with van der Waals surface area (Å²) in [5, 5.41) is 9.55. The second-order valence-electron chi connectivity index (χ2n) is 9.89. The van der Waals surface area contributed by atoms with Gasteiger partial charge in [-0.25, -0.2) is 0 Å². The zero-order valence-electron chi connectivity index (χ0n) is 19.6. The van der Waals surface area contributed by atoms with Crippen LogP contribution in [0.1, 0.15) is 45.6 Å². The Morgan fingerprint density at radius 2 is 2.09 bits per heavy atom. The van der Waals surface area contributed by atoms with Gasteiger partial charge in [0, 0.05) is 37.5 Å². The number of amides is 1. The maximum absolute atomic E-state index is 12.6. The molecule has 0 bridgehead atoms. The van der Waals surface area contributed by atoms with Crippen molar-refractivity contribution in [2.24, 2.45) is 22.2 Å². The van der Waals surface area contributed by atoms with E-state index in [1.165, 1.54) is 0 Å². The first-order chi connectivity index (χ1) is 15.2. The van der Waals surface area contributed by atoms with Gasteiger partial charge < -0.3 is 9.80 Å². The maximum Gasteiger partial charge on any atom is 0.222 e. The fraction of sp³-hybridized carbons (Fsp3) is 0.538. The lowest BCUT2D eigenvalue weighted by Gasteiger charge is -2.51. The predicted molar refractivity (Wildman–Crippen MR) is 125 cm³/mol. The molecule has 1 aromatic rings. The van der Waals surface area contributed by atoms with Gasteiger partial charge >= 0.3 is 0 Å². The Hall–Kier alpha value is -2.94. The van der Waals surface area contributed by atoms with E-state index in [-0.39, 0.29) is 46.6 Å². The second-order valence-corrected chi connectivity index (χ2v) is 9.89. The van der Waals surface area contributed by atoms with Crippen LogP contribution in [0.4, 0.5) is 5.69 Å². The first-order valence-electron chi connectivity index (χ1n) is 11.5. The number of allylic oxidation sites excluding steroid dienone is 1. The molecule has 1 aromatic carbocycles. The van der Waals surface area contributed by atoms with E-state index in [1.54, 1.807) is 19.0 Å². The summed E-state index contributed by atoms with van der Waals surface area (Å²) in [4.78, 5) is 33.7. The second kappa shape index (κ2) is 8.20. The molecule has 6 heteroatoms. The monoisotopic (exact) mass is 432 g/mol. The van der Waals surface area contributed by atoms with Crippen molar-refractivity contribution in [1.82, 2.24) is 4.90 Å². The number of carbonyl (C=O) groups is 2. The highest BCUT2D eigenvalue weighted by molar-refractivity contribution is 6.02. The molecule has 5 atom stereocenters. The summed E-state index contributed by atoms with van der Waals surface area (Å²) in [5.74, 6) is 1.13. The van der Waals surface area contributed by atoms with Gasteiger partial charge in [-0.15, -0.1) is 0 Å². The predicted octanol–water partition coefficient (Wildman–Crippen LogP) is 3.77. The number of rotatable bonds is 4. The SMILES string of the molecule is CC1=NC2C(CC[C@H]3[C@H](C)C(=O)C(C#N)=C[C@]23C)N1c1cccc(CCC(=O)N(C)C)c1. The van der Waals surface area contributed by atoms with Gasteiger partial charge in [0.25, 0.3) is 0 Å². The van der Waals surface area contributed by atoms with Gasteiger partial charge in [-0.1, -0.05) is 32.1 Å². The number of carbonyl (C=O) groups excluding carboxylic acids is 2. The molecule has 1 saturated carbocycles. The molecular weight excluding hydrogens is 400 g/mol. The molecule has 0 spiro atoms. The van der Waals surface area contributed by atoms with E-state index in [0.717, 1.165) is 29.9 Å². The molecule has 4 rings (SSSR count). The number of hydrogen-bond acceptors (Lipinski definition) is 5. The molecule has 2 unspecified atom stereocenters. The Bertz CT molecular complexity index is 1050. The zero-order valence-corrected chi connectivity index (χ0v) is 19.6. The Balaban J connectivity index is 1.63. The van der Waals surface area contributed by atoms with Crippen molar-refractivity contribution in [3.63, 3.8) is 0 Å². The lowest BCUT2D eigenvalue weighted by atomic mass is 9.55. The molecule has 32 heavy (non-hydrogen) atoms. The summed E-state index contributed by atoms with van der Waals surface area (Å²) in [6.07, 6.45) is 5.01. The molecular formula is C26H32N4O2. The van der Waals surface area contributed by atoms with Crippen molar-refractivity contribution in [1.29, 1.82) is 5.26 Å². The van der Waals surface area contributed by atoms with Crippen LogP contribution >= 0.6 is 0 Å². The number of aryl methyl sites for hydroxylation is 1. The molecule has 6 nitrogen and oxygen atoms in total. The molecule has 3 aliphatic rings. The summed E-state index contributed by atoms with van der Waals surface area (Å²) >= 11 is 0. The van der Waals surface area contributed by atoms with Crippen molar-refractivity contribution in [3.05, 3.63) is 41.5 Å². The number of hydrogen-bond donors (Lipinski definition) is 0. The summed E-state index contributed by atoms with van der Waals surface area (Å²) < 4.78 is 0. The van der Waals surface area contributed by atoms with E-state index in [9.17, 15) is 14.9 Å². The zero-order chi connectivity index (χ0) is 23.2. The first-order valence-corrected chi connectivity index (χ1v) is 11.5. The van der Waals surface area contributed by atoms with Crippen LogP contribution in [-0.4, -0.2) is 48.6 Å². The van der Waals surface area contributed by atoms with Crippen LogP contribution < -0.4 is 4.90 Å². The molecule has 0 N–H and O–H groups in total. The minimum absolute atomic E-state index is 0.0131. The van der Waals surface area contributed by atoms with E-state index in [0.29, 0.717) is 12.8 Å². The lowest BCUT2D eigenvalue weighted by molar-refractivity contribution is -0.128. The fourth-order valence-corrected chi connectivity index (χ4v) is 6.05. The van der Waals surface area contributed by atoms with Gasteiger partial charge in [-0.3, -0.25) is 14.6 Å². The number of fused-ring (bicyclic) bond motifs is 3. The molecule has 1 fully saturated rings. The topological polar surface area (TPSA) is 76.8 Å². The van der Waals surface area contributed by atoms with Crippen LogP contribution in [-0.2, 0) is 16.0 Å². The molecule has 0 radical (unpaired) electrons. The number of aliphatic imine (C=N–C) groups is 1. The smallest absolute Gasteiger partial charge is 0.222 e. The van der Waals surface area contributed by atoms with Crippen molar-refractivity contribution in [3.8, 4) is 6.07 Å². The fourth-order valence-electron chi connectivity index (χ4n) is 6.05. The highest BCUT2D eigenvalue weighted by Crippen LogP contribution is 2.54. The van der Waals surface area contributed by atoms with Gasteiger partial charge in [-0.05, 0) is 49.8 Å². The number of benzene rings is 1. The van der Waals surface area contributed by atoms with Gasteiger partial charge in [0.1, 0.15) is 11.9 Å². The third-order valence-corrected chi connectivity index (χ3v) is 7.75. The van der Waals surface area contributed by atoms with Crippen LogP contribution in [0, 0.1) is 28.6 Å². The number of Topliss-reactive ketones (excluding diaryl/α,β-unsaturated/α-hetero) is 1. The van der Waals surface area contributed by atoms with Gasteiger partial charge in [0.05, 0.1) is 17.7 Å². The Labute approximate surface area is 190 Å². The van der Waals surface area contributed by atoms with Gasteiger partial charge in [-0.2, -0.15) is 5.26 Å². The van der Waals surface area contributed by atoms with Crippen LogP contribution in [0.3, 0.4) is 0 Å². The Morgan fingerprint density at radius 3 is 2.78 bits per heavy atom. The Kier molecular flexibility index (Phi) is 5.70. The summed E-state index contributed by atoms with van der Waals surface area (Å²) in [6, 6.07) is 10.7. The van der Waals surface area contributed by atoms with E-state index in [2.05, 4.69) is 36.1 Å². The van der Waals surface area contributed by atoms with Crippen LogP contribution in [0.5, 0.6) is 0 Å². The van der Waals surface area contributed by atoms with E-state index in [1.807, 2.05) is 26.0 Å². The number of ketones is 1. The largest absolute Gasteiger partial charge is 0.349 e. The van der Waals surface area contributed by atoms with E-state index >= 15 is 0 Å². The Morgan fingerprint density at radius 1 is 1.34 bits per heavy atom. The average molecular weight is 433 g/mol. The molecule has 168 valence electrons. The highest BCUT2D eigenvalue weighted by atomic mass is 16.2. The van der Waals surface area contributed by atoms with Crippen LogP contribution in [0.25, 0.3) is 0 Å². The summed E-state index contributed by atoms with van der Waals surface area (Å²) in [7, 11) is 3.57. The maximum atomic E-state index is 12.6. The highest BCUT2D eigenvalue weighted by Gasteiger charge is 2.56. The van der Waals surface area contributed by atoms with Gasteiger partial charge in [0.2, 0.25) is 5.91 Å². The third-order valence-electron chi connectivity index (χ3n) is 7.75. The standard InChI is InChI=1S/C26H32N4O2/c1-16-21-10-11-22-25(26(21,3)14-19(15-27)24(16)32)28-17(2)30(22)20-8-6-7-18(13-20)9-12-23(31)29(4)5/h6-8,13-14,16,21-22,25H,9-12H2,1-5H3/t16-,21-,22?,25?,26-/m0/s1. The summed E-state index contributed by atoms with van der Waals surface area (Å²) in [5.41, 5.74) is 2.21. The number of nitriles is 1. The summed E-state index contributed by atoms with van der Waals surface area (Å²) in [6.45, 7) is 6.20. The van der Waals surface area contributed by atoms with Crippen molar-refractivity contribution < 1.29 is 9.59 Å². The molecule has 1 amide bonds. The molecule has 0 saturated heterocycles. The molecule has 2 aliphatic carbocycles. The third kappa shape index (κ3) is 3.54. The van der Waals surface area contributed by atoms with Gasteiger partial charge in [0.15, 0.2) is 5.78 Å². The normalized spacial score (nSPS) is 31.2. The van der Waals surface area contributed by atoms with Crippen LogP contribution in [0.15, 0.2) is 40.9 Å². The number of nitrogens with zero attached hydrogens (tertiary/aromatic N) is 4. The van der Waals surface area contributed by atoms with E-state index < -0.39 is 0 Å².